The van der Waals surface area contributed by atoms with Crippen LogP contribution in [0.3, 0.4) is 0 Å². The molecule has 0 unspecified atom stereocenters. The van der Waals surface area contributed by atoms with E-state index in [-0.39, 0.29) is 22.8 Å². The van der Waals surface area contributed by atoms with Gasteiger partial charge in [0.15, 0.2) is 0 Å². The van der Waals surface area contributed by atoms with Crippen LogP contribution in [0.25, 0.3) is 5.57 Å². The van der Waals surface area contributed by atoms with Gasteiger partial charge in [0.25, 0.3) is 11.8 Å². The summed E-state index contributed by atoms with van der Waals surface area (Å²) in [5.74, 6) is 0.206. The molecular formula is C22H16Cl2N2O4. The number of carbonyl (C=O) groups excluding carboxylic acids is 2. The number of hydrogen-bond acceptors (Lipinski definition) is 5. The van der Waals surface area contributed by atoms with Crippen LogP contribution in [0.4, 0.5) is 5.69 Å². The van der Waals surface area contributed by atoms with E-state index >= 15 is 0 Å². The van der Waals surface area contributed by atoms with E-state index in [9.17, 15) is 9.59 Å². The zero-order chi connectivity index (χ0) is 21.3. The second-order valence-electron chi connectivity index (χ2n) is 6.50. The van der Waals surface area contributed by atoms with Crippen LogP contribution in [0, 0.1) is 0 Å². The highest BCUT2D eigenvalue weighted by molar-refractivity contribution is 6.41. The third-order valence-corrected chi connectivity index (χ3v) is 5.17. The van der Waals surface area contributed by atoms with Gasteiger partial charge in [-0.1, -0.05) is 29.3 Å². The highest BCUT2D eigenvalue weighted by Gasteiger charge is 2.40. The Kier molecular flexibility index (Phi) is 5.53. The number of benzene rings is 2. The zero-order valence-corrected chi connectivity index (χ0v) is 17.3. The Balaban J connectivity index is 1.76. The van der Waals surface area contributed by atoms with Gasteiger partial charge in [-0.05, 0) is 48.5 Å². The van der Waals surface area contributed by atoms with E-state index in [4.69, 9.17) is 32.4 Å². The van der Waals surface area contributed by atoms with Gasteiger partial charge < -0.3 is 14.5 Å². The van der Waals surface area contributed by atoms with E-state index in [1.165, 1.54) is 12.3 Å². The molecule has 0 spiro atoms. The van der Waals surface area contributed by atoms with Crippen LogP contribution in [0.2, 0.25) is 10.0 Å². The summed E-state index contributed by atoms with van der Waals surface area (Å²) in [6.45, 7) is 0.00711. The molecule has 0 saturated heterocycles. The van der Waals surface area contributed by atoms with Crippen LogP contribution in [0.1, 0.15) is 11.3 Å². The third kappa shape index (κ3) is 3.79. The number of nitrogens with zero attached hydrogens (tertiary/aromatic N) is 1. The molecule has 2 heterocycles. The Labute approximate surface area is 182 Å². The van der Waals surface area contributed by atoms with Gasteiger partial charge in [-0.15, -0.1) is 0 Å². The van der Waals surface area contributed by atoms with Crippen molar-refractivity contribution in [3.8, 4) is 5.75 Å². The predicted molar refractivity (Wildman–Crippen MR) is 114 cm³/mol. The molecule has 30 heavy (non-hydrogen) atoms. The molecule has 0 aliphatic carbocycles. The molecule has 0 fully saturated rings. The number of methoxy groups -OCH3 is 1. The van der Waals surface area contributed by atoms with Crippen molar-refractivity contribution in [1.82, 2.24) is 4.90 Å². The Morgan fingerprint density at radius 1 is 1.03 bits per heavy atom. The highest BCUT2D eigenvalue weighted by Crippen LogP contribution is 2.36. The molecule has 0 atom stereocenters. The fourth-order valence-corrected chi connectivity index (χ4v) is 3.66. The molecule has 3 aromatic rings. The van der Waals surface area contributed by atoms with E-state index in [1.54, 1.807) is 55.6 Å². The number of hydrogen-bond donors (Lipinski definition) is 1. The molecule has 4 rings (SSSR count). The lowest BCUT2D eigenvalue weighted by molar-refractivity contribution is -0.137. The first-order valence-electron chi connectivity index (χ1n) is 8.97. The molecule has 1 aromatic heterocycles. The maximum absolute atomic E-state index is 13.2. The number of imide groups is 1. The Bertz CT molecular complexity index is 1140. The number of amides is 2. The van der Waals surface area contributed by atoms with Gasteiger partial charge in [-0.25, -0.2) is 0 Å². The second kappa shape index (κ2) is 8.26. The van der Waals surface area contributed by atoms with Gasteiger partial charge in [0, 0.05) is 16.3 Å². The summed E-state index contributed by atoms with van der Waals surface area (Å²) in [6.07, 6.45) is 1.49. The van der Waals surface area contributed by atoms with Crippen LogP contribution < -0.4 is 10.1 Å². The highest BCUT2D eigenvalue weighted by atomic mass is 35.5. The molecule has 152 valence electrons. The Morgan fingerprint density at radius 2 is 1.80 bits per heavy atom. The summed E-state index contributed by atoms with van der Waals surface area (Å²) in [6, 6.07) is 15.2. The maximum Gasteiger partial charge on any atom is 0.278 e. The van der Waals surface area contributed by atoms with Crippen molar-refractivity contribution in [3.63, 3.8) is 0 Å². The van der Waals surface area contributed by atoms with Crippen LogP contribution in [-0.4, -0.2) is 23.8 Å². The first-order valence-corrected chi connectivity index (χ1v) is 9.73. The molecular weight excluding hydrogens is 427 g/mol. The fourth-order valence-electron chi connectivity index (χ4n) is 3.15. The summed E-state index contributed by atoms with van der Waals surface area (Å²) in [7, 11) is 1.57. The molecule has 0 bridgehead atoms. The van der Waals surface area contributed by atoms with Crippen LogP contribution in [0.15, 0.2) is 71.0 Å². The lowest BCUT2D eigenvalue weighted by Gasteiger charge is -2.13. The van der Waals surface area contributed by atoms with Crippen molar-refractivity contribution >= 4 is 46.3 Å². The van der Waals surface area contributed by atoms with Gasteiger partial charge >= 0.3 is 0 Å². The van der Waals surface area contributed by atoms with Crippen molar-refractivity contribution in [2.45, 2.75) is 6.54 Å². The minimum absolute atomic E-state index is 0.00711. The average Bonchev–Trinajstić information content (AvgIpc) is 3.32. The van der Waals surface area contributed by atoms with Crippen LogP contribution in [-0.2, 0) is 16.1 Å². The molecule has 8 heteroatoms. The van der Waals surface area contributed by atoms with Crippen molar-refractivity contribution in [2.24, 2.45) is 0 Å². The van der Waals surface area contributed by atoms with Crippen molar-refractivity contribution < 1.29 is 18.7 Å². The van der Waals surface area contributed by atoms with Crippen molar-refractivity contribution in [3.05, 3.63) is 87.9 Å². The number of ether oxygens (including phenoxy) is 1. The molecule has 1 aliphatic rings. The molecule has 0 saturated carbocycles. The van der Waals surface area contributed by atoms with Crippen LogP contribution in [0.5, 0.6) is 5.75 Å². The molecule has 6 nitrogen and oxygen atoms in total. The molecule has 2 aromatic carbocycles. The van der Waals surface area contributed by atoms with E-state index < -0.39 is 11.8 Å². The largest absolute Gasteiger partial charge is 0.497 e. The standard InChI is InChI=1S/C22H16Cl2N2O4/c1-29-15-7-5-14(6-8-15)25-20-19(17-9-4-13(23)11-18(17)24)21(27)26(22(20)28)12-16-3-2-10-30-16/h2-11,25H,12H2,1H3. The summed E-state index contributed by atoms with van der Waals surface area (Å²) in [5.41, 5.74) is 1.33. The topological polar surface area (TPSA) is 71.8 Å². The Hall–Kier alpha value is -3.22. The van der Waals surface area contributed by atoms with Gasteiger partial charge in [-0.3, -0.25) is 14.5 Å². The minimum atomic E-state index is -0.478. The quantitative estimate of drug-likeness (QED) is 0.544. The predicted octanol–water partition coefficient (Wildman–Crippen LogP) is 4.99. The van der Waals surface area contributed by atoms with Gasteiger partial charge in [0.2, 0.25) is 0 Å². The lowest BCUT2D eigenvalue weighted by atomic mass is 10.0. The average molecular weight is 443 g/mol. The molecule has 1 N–H and O–H groups in total. The second-order valence-corrected chi connectivity index (χ2v) is 7.35. The fraction of sp³-hybridized carbons (Fsp3) is 0.0909. The van der Waals surface area contributed by atoms with Gasteiger partial charge in [-0.2, -0.15) is 0 Å². The van der Waals surface area contributed by atoms with E-state index in [1.807, 2.05) is 0 Å². The van der Waals surface area contributed by atoms with Crippen molar-refractivity contribution in [2.75, 3.05) is 12.4 Å². The van der Waals surface area contributed by atoms with Crippen molar-refractivity contribution in [1.29, 1.82) is 0 Å². The number of carbonyl (C=O) groups is 2. The number of nitrogens with one attached hydrogen (secondary N) is 1. The van der Waals surface area contributed by atoms with Crippen LogP contribution >= 0.6 is 23.2 Å². The zero-order valence-electron chi connectivity index (χ0n) is 15.8. The molecule has 0 radical (unpaired) electrons. The minimum Gasteiger partial charge on any atom is -0.497 e. The number of halogens is 2. The number of furan rings is 1. The summed E-state index contributed by atoms with van der Waals surface area (Å²) in [4.78, 5) is 27.5. The first-order chi connectivity index (χ1) is 14.5. The van der Waals surface area contributed by atoms with E-state index in [0.717, 1.165) is 4.90 Å². The summed E-state index contributed by atoms with van der Waals surface area (Å²) in [5, 5.41) is 3.76. The molecule has 1 aliphatic heterocycles. The smallest absolute Gasteiger partial charge is 0.278 e. The lowest BCUT2D eigenvalue weighted by Crippen LogP contribution is -2.31. The van der Waals surface area contributed by atoms with E-state index in [2.05, 4.69) is 5.32 Å². The normalized spacial score (nSPS) is 13.9. The van der Waals surface area contributed by atoms with Gasteiger partial charge in [0.05, 0.1) is 30.5 Å². The SMILES string of the molecule is COc1ccc(NC2=C(c3ccc(Cl)cc3Cl)C(=O)N(Cc3ccco3)C2=O)cc1. The summed E-state index contributed by atoms with van der Waals surface area (Å²) >= 11 is 12.4. The number of rotatable bonds is 6. The maximum atomic E-state index is 13.2. The molecule has 2 amide bonds. The van der Waals surface area contributed by atoms with E-state index in [0.29, 0.717) is 27.8 Å². The van der Waals surface area contributed by atoms with Gasteiger partial charge in [0.1, 0.15) is 17.2 Å². The third-order valence-electron chi connectivity index (χ3n) is 4.62. The Morgan fingerprint density at radius 3 is 2.43 bits per heavy atom. The number of anilines is 1. The first kappa shape index (κ1) is 20.1. The summed E-state index contributed by atoms with van der Waals surface area (Å²) < 4.78 is 10.5. The monoisotopic (exact) mass is 442 g/mol.